The fourth-order valence-corrected chi connectivity index (χ4v) is 0.922. The summed E-state index contributed by atoms with van der Waals surface area (Å²) in [5.41, 5.74) is 0. The summed E-state index contributed by atoms with van der Waals surface area (Å²) in [6.07, 6.45) is 4.91. The summed E-state index contributed by atoms with van der Waals surface area (Å²) >= 11 is 0. The summed E-state index contributed by atoms with van der Waals surface area (Å²) in [7, 11) is 0. The summed E-state index contributed by atoms with van der Waals surface area (Å²) in [5.74, 6) is 0.101. The average Bonchev–Trinajstić information content (AvgIpc) is 2.64. The molecule has 0 aromatic carbocycles. The summed E-state index contributed by atoms with van der Waals surface area (Å²) in [4.78, 5) is 25.4. The van der Waals surface area contributed by atoms with Crippen molar-refractivity contribution in [2.45, 2.75) is 19.8 Å². The highest BCUT2D eigenvalue weighted by Crippen LogP contribution is 1.94. The fourth-order valence-electron chi connectivity index (χ4n) is 0.922. The number of rotatable bonds is 4. The van der Waals surface area contributed by atoms with Crippen molar-refractivity contribution in [2.24, 2.45) is 0 Å². The normalized spacial score (nSPS) is 9.79. The molecule has 0 spiro atoms. The van der Waals surface area contributed by atoms with Crippen LogP contribution in [0.3, 0.4) is 0 Å². The molecule has 0 saturated heterocycles. The van der Waals surface area contributed by atoms with Gasteiger partial charge < -0.3 is 9.53 Å². The molecule has 1 heterocycles. The van der Waals surface area contributed by atoms with Crippen molar-refractivity contribution in [3.05, 3.63) is 18.7 Å². The molecule has 0 aliphatic rings. The van der Waals surface area contributed by atoms with Gasteiger partial charge in [0.2, 0.25) is 0 Å². The first-order valence-electron chi connectivity index (χ1n) is 4.34. The molecule has 0 unspecified atom stereocenters. The maximum atomic E-state index is 11.2. The largest absolute Gasteiger partial charge is 0.449 e. The predicted octanol–water partition coefficient (Wildman–Crippen LogP) is 1.24. The number of imidazole rings is 1. The lowest BCUT2D eigenvalue weighted by Crippen LogP contribution is -2.12. The topological polar surface area (TPSA) is 61.2 Å². The van der Waals surface area contributed by atoms with E-state index in [4.69, 9.17) is 4.74 Å². The summed E-state index contributed by atoms with van der Waals surface area (Å²) in [6, 6.07) is 0. The lowest BCUT2D eigenvalue weighted by Gasteiger charge is -2.02. The predicted molar refractivity (Wildman–Crippen MR) is 48.9 cm³/mol. The van der Waals surface area contributed by atoms with Gasteiger partial charge in [0.15, 0.2) is 0 Å². The van der Waals surface area contributed by atoms with Gasteiger partial charge in [-0.2, -0.15) is 0 Å². The summed E-state index contributed by atoms with van der Waals surface area (Å²) < 4.78 is 6.11. The lowest BCUT2D eigenvalue weighted by molar-refractivity contribution is -0.117. The first-order valence-corrected chi connectivity index (χ1v) is 4.34. The Bertz CT molecular complexity index is 306. The van der Waals surface area contributed by atoms with Crippen LogP contribution in [0.2, 0.25) is 0 Å². The summed E-state index contributed by atoms with van der Waals surface area (Å²) in [6.45, 7) is 1.77. The molecule has 0 fully saturated rings. The van der Waals surface area contributed by atoms with E-state index in [1.807, 2.05) is 0 Å². The molecule has 0 amide bonds. The molecular formula is C9H12N2O3. The van der Waals surface area contributed by atoms with Crippen LogP contribution in [0.25, 0.3) is 0 Å². The van der Waals surface area contributed by atoms with Gasteiger partial charge in [0.1, 0.15) is 12.1 Å². The van der Waals surface area contributed by atoms with Crippen LogP contribution in [0.15, 0.2) is 18.7 Å². The molecule has 5 heteroatoms. The van der Waals surface area contributed by atoms with Crippen molar-refractivity contribution in [3.63, 3.8) is 0 Å². The Hall–Kier alpha value is -1.65. The minimum atomic E-state index is -0.467. The molecule has 0 N–H and O–H groups in total. The zero-order valence-corrected chi connectivity index (χ0v) is 7.97. The Balaban J connectivity index is 2.19. The van der Waals surface area contributed by atoms with E-state index in [0.29, 0.717) is 12.8 Å². The molecule has 0 aliphatic heterocycles. The number of ether oxygens (including phenoxy) is 1. The van der Waals surface area contributed by atoms with E-state index in [0.717, 1.165) is 0 Å². The number of carbonyl (C=O) groups excluding carboxylic acids is 2. The number of Topliss-reactive ketones (excluding diaryl/α,β-unsaturated/α-hetero) is 1. The monoisotopic (exact) mass is 196 g/mol. The number of ketones is 1. The van der Waals surface area contributed by atoms with E-state index >= 15 is 0 Å². The minimum Gasteiger partial charge on any atom is -0.449 e. The maximum Gasteiger partial charge on any atom is 0.419 e. The van der Waals surface area contributed by atoms with Crippen molar-refractivity contribution in [1.29, 1.82) is 0 Å². The minimum absolute atomic E-state index is 0.101. The van der Waals surface area contributed by atoms with E-state index in [2.05, 4.69) is 4.98 Å². The second-order valence-electron chi connectivity index (χ2n) is 2.89. The van der Waals surface area contributed by atoms with Crippen LogP contribution in [0.4, 0.5) is 4.79 Å². The number of hydrogen-bond acceptors (Lipinski definition) is 4. The van der Waals surface area contributed by atoms with Crippen LogP contribution in [-0.4, -0.2) is 28.0 Å². The standard InChI is InChI=1S/C9H12N2O3/c1-8(12)3-2-6-14-9(13)11-5-4-10-7-11/h4-5,7H,2-3,6H2,1H3. The fraction of sp³-hybridized carbons (Fsp3) is 0.444. The third-order valence-corrected chi connectivity index (χ3v) is 1.61. The van der Waals surface area contributed by atoms with E-state index in [9.17, 15) is 9.59 Å². The van der Waals surface area contributed by atoms with Crippen LogP contribution in [0.5, 0.6) is 0 Å². The molecule has 0 aliphatic carbocycles. The van der Waals surface area contributed by atoms with Gasteiger partial charge in [-0.05, 0) is 13.3 Å². The van der Waals surface area contributed by atoms with Crippen LogP contribution in [-0.2, 0) is 9.53 Å². The average molecular weight is 196 g/mol. The van der Waals surface area contributed by atoms with E-state index < -0.39 is 6.09 Å². The first-order chi connectivity index (χ1) is 6.70. The molecule has 1 aromatic heterocycles. The molecular weight excluding hydrogens is 184 g/mol. The number of nitrogens with zero attached hydrogens (tertiary/aromatic N) is 2. The highest BCUT2D eigenvalue weighted by atomic mass is 16.5. The SMILES string of the molecule is CC(=O)CCCOC(=O)n1ccnc1. The Morgan fingerprint density at radius 3 is 2.86 bits per heavy atom. The number of aromatic nitrogens is 2. The van der Waals surface area contributed by atoms with Crippen molar-refractivity contribution >= 4 is 11.9 Å². The zero-order valence-electron chi connectivity index (χ0n) is 7.97. The van der Waals surface area contributed by atoms with Crippen LogP contribution < -0.4 is 0 Å². The Morgan fingerprint density at radius 1 is 1.50 bits per heavy atom. The van der Waals surface area contributed by atoms with Gasteiger partial charge in [0.25, 0.3) is 0 Å². The number of carbonyl (C=O) groups is 2. The molecule has 0 saturated carbocycles. The van der Waals surface area contributed by atoms with Crippen LogP contribution >= 0.6 is 0 Å². The van der Waals surface area contributed by atoms with E-state index in [-0.39, 0.29) is 12.4 Å². The first kappa shape index (κ1) is 10.4. The van der Waals surface area contributed by atoms with Gasteiger partial charge in [-0.15, -0.1) is 0 Å². The van der Waals surface area contributed by atoms with Gasteiger partial charge in [0, 0.05) is 18.8 Å². The molecule has 0 radical (unpaired) electrons. The lowest BCUT2D eigenvalue weighted by atomic mass is 10.2. The smallest absolute Gasteiger partial charge is 0.419 e. The molecule has 1 aromatic rings. The van der Waals surface area contributed by atoms with Crippen molar-refractivity contribution in [2.75, 3.05) is 6.61 Å². The molecule has 0 atom stereocenters. The Morgan fingerprint density at radius 2 is 2.29 bits per heavy atom. The van der Waals surface area contributed by atoms with Crippen LogP contribution in [0, 0.1) is 0 Å². The van der Waals surface area contributed by atoms with Gasteiger partial charge in [-0.3, -0.25) is 0 Å². The van der Waals surface area contributed by atoms with E-state index in [1.165, 1.54) is 30.2 Å². The second-order valence-corrected chi connectivity index (χ2v) is 2.89. The molecule has 0 bridgehead atoms. The number of hydrogen-bond donors (Lipinski definition) is 0. The molecule has 1 rings (SSSR count). The third-order valence-electron chi connectivity index (χ3n) is 1.61. The van der Waals surface area contributed by atoms with Gasteiger partial charge >= 0.3 is 6.09 Å². The quantitative estimate of drug-likeness (QED) is 0.679. The molecule has 5 nitrogen and oxygen atoms in total. The van der Waals surface area contributed by atoms with Gasteiger partial charge in [-0.25, -0.2) is 14.3 Å². The van der Waals surface area contributed by atoms with E-state index in [1.54, 1.807) is 0 Å². The third kappa shape index (κ3) is 3.38. The highest BCUT2D eigenvalue weighted by molar-refractivity contribution is 5.75. The highest BCUT2D eigenvalue weighted by Gasteiger charge is 2.03. The van der Waals surface area contributed by atoms with Gasteiger partial charge in [0.05, 0.1) is 6.61 Å². The van der Waals surface area contributed by atoms with Crippen LogP contribution in [0.1, 0.15) is 19.8 Å². The van der Waals surface area contributed by atoms with Crippen molar-refractivity contribution < 1.29 is 14.3 Å². The summed E-state index contributed by atoms with van der Waals surface area (Å²) in [5, 5.41) is 0. The second kappa shape index (κ2) is 5.16. The van der Waals surface area contributed by atoms with Crippen molar-refractivity contribution in [3.8, 4) is 0 Å². The van der Waals surface area contributed by atoms with Crippen molar-refractivity contribution in [1.82, 2.24) is 9.55 Å². The Kier molecular flexibility index (Phi) is 3.84. The van der Waals surface area contributed by atoms with Gasteiger partial charge in [-0.1, -0.05) is 0 Å². The molecule has 14 heavy (non-hydrogen) atoms. The Labute approximate surface area is 81.7 Å². The molecule has 76 valence electrons. The maximum absolute atomic E-state index is 11.2. The zero-order chi connectivity index (χ0) is 10.4.